The maximum absolute atomic E-state index is 13.1. The molecule has 0 saturated carbocycles. The lowest BCUT2D eigenvalue weighted by Gasteiger charge is -2.20. The summed E-state index contributed by atoms with van der Waals surface area (Å²) < 4.78 is 13.1. The molecule has 7 heteroatoms. The SMILES string of the molecule is Cc1cc(F)ccc1N(C)C(=O)c1cc([N+](=O)[O-])ccc1Cl. The van der Waals surface area contributed by atoms with E-state index < -0.39 is 16.6 Å². The fraction of sp³-hybridized carbons (Fsp3) is 0.133. The van der Waals surface area contributed by atoms with Crippen molar-refractivity contribution in [2.75, 3.05) is 11.9 Å². The summed E-state index contributed by atoms with van der Waals surface area (Å²) in [5.74, 6) is -0.918. The van der Waals surface area contributed by atoms with Crippen molar-refractivity contribution in [3.63, 3.8) is 0 Å². The monoisotopic (exact) mass is 322 g/mol. The molecule has 0 fully saturated rings. The Morgan fingerprint density at radius 1 is 1.27 bits per heavy atom. The number of anilines is 1. The number of nitro benzene ring substituents is 1. The van der Waals surface area contributed by atoms with Crippen molar-refractivity contribution in [2.24, 2.45) is 0 Å². The molecule has 0 aliphatic carbocycles. The first-order valence-electron chi connectivity index (χ1n) is 6.29. The van der Waals surface area contributed by atoms with Gasteiger partial charge in [0.2, 0.25) is 0 Å². The van der Waals surface area contributed by atoms with Crippen molar-refractivity contribution in [2.45, 2.75) is 6.92 Å². The largest absolute Gasteiger partial charge is 0.311 e. The minimum Gasteiger partial charge on any atom is -0.311 e. The topological polar surface area (TPSA) is 63.5 Å². The number of nitrogens with zero attached hydrogens (tertiary/aromatic N) is 2. The van der Waals surface area contributed by atoms with Crippen molar-refractivity contribution in [1.82, 2.24) is 0 Å². The van der Waals surface area contributed by atoms with Crippen LogP contribution in [0.5, 0.6) is 0 Å². The summed E-state index contributed by atoms with van der Waals surface area (Å²) >= 11 is 5.96. The molecule has 2 rings (SSSR count). The van der Waals surface area contributed by atoms with Gasteiger partial charge >= 0.3 is 0 Å². The van der Waals surface area contributed by atoms with Crippen LogP contribution in [0.15, 0.2) is 36.4 Å². The molecule has 22 heavy (non-hydrogen) atoms. The molecule has 0 aromatic heterocycles. The van der Waals surface area contributed by atoms with E-state index in [1.807, 2.05) is 0 Å². The summed E-state index contributed by atoms with van der Waals surface area (Å²) in [6.07, 6.45) is 0. The molecule has 0 bridgehead atoms. The molecule has 0 unspecified atom stereocenters. The number of amides is 1. The summed E-state index contributed by atoms with van der Waals surface area (Å²) in [5.41, 5.74) is 0.852. The number of halogens is 2. The van der Waals surface area contributed by atoms with E-state index in [1.165, 1.54) is 42.3 Å². The Morgan fingerprint density at radius 2 is 1.95 bits per heavy atom. The Balaban J connectivity index is 2.42. The zero-order valence-corrected chi connectivity index (χ0v) is 12.6. The summed E-state index contributed by atoms with van der Waals surface area (Å²) in [6, 6.07) is 7.66. The lowest BCUT2D eigenvalue weighted by atomic mass is 10.1. The number of hydrogen-bond acceptors (Lipinski definition) is 3. The number of benzene rings is 2. The van der Waals surface area contributed by atoms with Crippen LogP contribution in [0, 0.1) is 22.9 Å². The molecule has 114 valence electrons. The normalized spacial score (nSPS) is 10.4. The molecule has 0 aliphatic rings. The number of carbonyl (C=O) groups excluding carboxylic acids is 1. The number of aryl methyl sites for hydroxylation is 1. The molecule has 0 aliphatic heterocycles. The van der Waals surface area contributed by atoms with Crippen molar-refractivity contribution in [1.29, 1.82) is 0 Å². The zero-order chi connectivity index (χ0) is 16.4. The Kier molecular flexibility index (Phi) is 4.42. The van der Waals surface area contributed by atoms with Gasteiger partial charge in [-0.1, -0.05) is 11.6 Å². The molecule has 2 aromatic rings. The fourth-order valence-corrected chi connectivity index (χ4v) is 2.27. The number of hydrogen-bond donors (Lipinski definition) is 0. The van der Waals surface area contributed by atoms with E-state index in [0.717, 1.165) is 6.07 Å². The lowest BCUT2D eigenvalue weighted by Crippen LogP contribution is -2.27. The molecule has 0 N–H and O–H groups in total. The summed E-state index contributed by atoms with van der Waals surface area (Å²) in [5, 5.41) is 10.9. The van der Waals surface area contributed by atoms with Gasteiger partial charge in [-0.25, -0.2) is 4.39 Å². The highest BCUT2D eigenvalue weighted by molar-refractivity contribution is 6.34. The molecule has 1 amide bonds. The Morgan fingerprint density at radius 3 is 2.55 bits per heavy atom. The van der Waals surface area contributed by atoms with Crippen LogP contribution in [0.4, 0.5) is 15.8 Å². The average molecular weight is 323 g/mol. The van der Waals surface area contributed by atoms with Gasteiger partial charge in [0.15, 0.2) is 0 Å². The summed E-state index contributed by atoms with van der Waals surface area (Å²) in [4.78, 5) is 24.0. The van der Waals surface area contributed by atoms with Gasteiger partial charge in [0, 0.05) is 24.9 Å². The van der Waals surface area contributed by atoms with Crippen LogP contribution in [0.1, 0.15) is 15.9 Å². The molecule has 0 spiro atoms. The van der Waals surface area contributed by atoms with E-state index in [0.29, 0.717) is 11.3 Å². The number of rotatable bonds is 3. The highest BCUT2D eigenvalue weighted by Gasteiger charge is 2.21. The third-order valence-corrected chi connectivity index (χ3v) is 3.55. The van der Waals surface area contributed by atoms with E-state index in [1.54, 1.807) is 6.92 Å². The van der Waals surface area contributed by atoms with E-state index in [4.69, 9.17) is 11.6 Å². The van der Waals surface area contributed by atoms with E-state index in [2.05, 4.69) is 0 Å². The smallest absolute Gasteiger partial charge is 0.270 e. The quantitative estimate of drug-likeness (QED) is 0.634. The molecule has 0 saturated heterocycles. The number of non-ortho nitro benzene ring substituents is 1. The van der Waals surface area contributed by atoms with Gasteiger partial charge < -0.3 is 4.90 Å². The molecule has 0 radical (unpaired) electrons. The highest BCUT2D eigenvalue weighted by Crippen LogP contribution is 2.26. The fourth-order valence-electron chi connectivity index (χ4n) is 2.08. The first-order chi connectivity index (χ1) is 10.3. The minimum absolute atomic E-state index is 0.0158. The lowest BCUT2D eigenvalue weighted by molar-refractivity contribution is -0.384. The summed E-state index contributed by atoms with van der Waals surface area (Å²) in [7, 11) is 1.50. The van der Waals surface area contributed by atoms with Crippen LogP contribution in [-0.2, 0) is 0 Å². The van der Waals surface area contributed by atoms with Gasteiger partial charge in [0.05, 0.1) is 15.5 Å². The highest BCUT2D eigenvalue weighted by atomic mass is 35.5. The first kappa shape index (κ1) is 15.9. The zero-order valence-electron chi connectivity index (χ0n) is 11.8. The van der Waals surface area contributed by atoms with Crippen molar-refractivity contribution < 1.29 is 14.1 Å². The second-order valence-electron chi connectivity index (χ2n) is 4.72. The second kappa shape index (κ2) is 6.11. The summed E-state index contributed by atoms with van der Waals surface area (Å²) in [6.45, 7) is 1.66. The average Bonchev–Trinajstić information content (AvgIpc) is 2.46. The van der Waals surface area contributed by atoms with E-state index in [-0.39, 0.29) is 16.3 Å². The third-order valence-electron chi connectivity index (χ3n) is 3.22. The van der Waals surface area contributed by atoms with Crippen LogP contribution in [0.2, 0.25) is 5.02 Å². The van der Waals surface area contributed by atoms with Crippen LogP contribution in [0.3, 0.4) is 0 Å². The minimum atomic E-state index is -0.601. The van der Waals surface area contributed by atoms with Gasteiger partial charge in [0.1, 0.15) is 5.82 Å². The molecular formula is C15H12ClFN2O3. The van der Waals surface area contributed by atoms with Crippen LogP contribution >= 0.6 is 11.6 Å². The molecule has 5 nitrogen and oxygen atoms in total. The van der Waals surface area contributed by atoms with Crippen molar-refractivity contribution in [3.05, 3.63) is 68.5 Å². The van der Waals surface area contributed by atoms with Crippen LogP contribution in [-0.4, -0.2) is 17.9 Å². The second-order valence-corrected chi connectivity index (χ2v) is 5.12. The number of carbonyl (C=O) groups is 1. The third kappa shape index (κ3) is 3.07. The predicted molar refractivity (Wildman–Crippen MR) is 82.0 cm³/mol. The maximum atomic E-state index is 13.1. The first-order valence-corrected chi connectivity index (χ1v) is 6.67. The van der Waals surface area contributed by atoms with Gasteiger partial charge in [-0.15, -0.1) is 0 Å². The predicted octanol–water partition coefficient (Wildman–Crippen LogP) is 3.97. The Hall–Kier alpha value is -2.47. The van der Waals surface area contributed by atoms with Gasteiger partial charge in [0.25, 0.3) is 11.6 Å². The van der Waals surface area contributed by atoms with Gasteiger partial charge in [-0.3, -0.25) is 14.9 Å². The molecular weight excluding hydrogens is 311 g/mol. The van der Waals surface area contributed by atoms with E-state index in [9.17, 15) is 19.3 Å². The molecule has 0 atom stereocenters. The standard InChI is InChI=1S/C15H12ClFN2O3/c1-9-7-10(17)3-6-14(9)18(2)15(20)12-8-11(19(21)22)4-5-13(12)16/h3-8H,1-2H3. The van der Waals surface area contributed by atoms with Crippen molar-refractivity contribution in [3.8, 4) is 0 Å². The van der Waals surface area contributed by atoms with Crippen LogP contribution < -0.4 is 4.90 Å². The Labute approximate surface area is 131 Å². The van der Waals surface area contributed by atoms with Crippen LogP contribution in [0.25, 0.3) is 0 Å². The number of nitro groups is 1. The molecule has 0 heterocycles. The van der Waals surface area contributed by atoms with Gasteiger partial charge in [-0.05, 0) is 36.8 Å². The van der Waals surface area contributed by atoms with Crippen molar-refractivity contribution >= 4 is 28.9 Å². The Bertz CT molecular complexity index is 764. The molecule has 2 aromatic carbocycles. The maximum Gasteiger partial charge on any atom is 0.270 e. The van der Waals surface area contributed by atoms with Gasteiger partial charge in [-0.2, -0.15) is 0 Å². The van der Waals surface area contributed by atoms with E-state index >= 15 is 0 Å².